The number of likely N-dealkylation sites (tertiary alicyclic amines) is 1. The molecule has 4 rings (SSSR count). The molecule has 1 aromatic heterocycles. The number of aromatic nitrogens is 2. The van der Waals surface area contributed by atoms with E-state index < -0.39 is 0 Å². The summed E-state index contributed by atoms with van der Waals surface area (Å²) in [6, 6.07) is 17.3. The van der Waals surface area contributed by atoms with Gasteiger partial charge in [-0.3, -0.25) is 4.79 Å². The quantitative estimate of drug-likeness (QED) is 0.640. The number of hydrogen-bond acceptors (Lipinski definition) is 4. The highest BCUT2D eigenvalue weighted by Crippen LogP contribution is 2.32. The highest BCUT2D eigenvalue weighted by atomic mass is 35.5. The molecule has 1 aliphatic heterocycles. The summed E-state index contributed by atoms with van der Waals surface area (Å²) in [6.45, 7) is 3.26. The van der Waals surface area contributed by atoms with Crippen LogP contribution in [0.2, 0.25) is 5.15 Å². The molecular formula is C24H20ClN5O. The highest BCUT2D eigenvalue weighted by Gasteiger charge is 2.32. The molecule has 154 valence electrons. The molecule has 3 aromatic rings. The van der Waals surface area contributed by atoms with Gasteiger partial charge in [-0.25, -0.2) is 4.98 Å². The van der Waals surface area contributed by atoms with Crippen LogP contribution >= 0.6 is 11.6 Å². The summed E-state index contributed by atoms with van der Waals surface area (Å²) >= 11 is 6.33. The Kier molecular flexibility index (Phi) is 5.75. The van der Waals surface area contributed by atoms with Gasteiger partial charge >= 0.3 is 0 Å². The number of carbonyl (C=O) groups is 1. The molecule has 1 saturated heterocycles. The van der Waals surface area contributed by atoms with Crippen molar-refractivity contribution in [2.75, 3.05) is 13.1 Å². The molecule has 2 aromatic carbocycles. The Labute approximate surface area is 185 Å². The van der Waals surface area contributed by atoms with Crippen molar-refractivity contribution in [2.45, 2.75) is 25.7 Å². The second kappa shape index (κ2) is 8.63. The minimum atomic E-state index is -0.0218. The predicted octanol–water partition coefficient (Wildman–Crippen LogP) is 4.61. The summed E-state index contributed by atoms with van der Waals surface area (Å²) in [5.74, 6) is 0.920. The number of nitrogens with zero attached hydrogens (tertiary/aromatic N) is 4. The molecule has 1 N–H and O–H groups in total. The lowest BCUT2D eigenvalue weighted by Gasteiger charge is -2.39. The van der Waals surface area contributed by atoms with Crippen LogP contribution < -0.4 is 0 Å². The van der Waals surface area contributed by atoms with Crippen LogP contribution in [-0.4, -0.2) is 33.9 Å². The molecule has 1 fully saturated rings. The Bertz CT molecular complexity index is 1210. The lowest BCUT2D eigenvalue weighted by Crippen LogP contribution is -2.48. The minimum Gasteiger partial charge on any atom is -0.341 e. The fraction of sp³-hybridized carbons (Fsp3) is 0.250. The molecule has 0 unspecified atom stereocenters. The number of nitriles is 2. The maximum atomic E-state index is 13.0. The molecule has 0 radical (unpaired) electrons. The van der Waals surface area contributed by atoms with Crippen LogP contribution in [0.15, 0.2) is 42.5 Å². The van der Waals surface area contributed by atoms with E-state index in [1.807, 2.05) is 54.3 Å². The fourth-order valence-corrected chi connectivity index (χ4v) is 4.01. The molecule has 0 bridgehead atoms. The third-order valence-electron chi connectivity index (χ3n) is 5.62. The van der Waals surface area contributed by atoms with Crippen LogP contribution in [0, 0.1) is 29.6 Å². The van der Waals surface area contributed by atoms with Crippen molar-refractivity contribution < 1.29 is 4.79 Å². The van der Waals surface area contributed by atoms with Gasteiger partial charge in [0, 0.05) is 43.0 Å². The van der Waals surface area contributed by atoms with Gasteiger partial charge in [0.15, 0.2) is 5.15 Å². The molecule has 0 saturated carbocycles. The number of carbonyl (C=O) groups excluding carboxylic acids is 1. The Morgan fingerprint density at radius 1 is 1.23 bits per heavy atom. The summed E-state index contributed by atoms with van der Waals surface area (Å²) in [7, 11) is 0. The van der Waals surface area contributed by atoms with E-state index in [0.717, 1.165) is 16.7 Å². The zero-order valence-electron chi connectivity index (χ0n) is 17.0. The molecule has 7 heteroatoms. The zero-order chi connectivity index (χ0) is 22.0. The van der Waals surface area contributed by atoms with Gasteiger partial charge in [-0.2, -0.15) is 10.5 Å². The SMILES string of the molecule is Cc1ccc(C(=O)N2CC(c3ccc(C#N)cc3)C2)cc1-c1[nH]c(CCC#N)nc1Cl. The van der Waals surface area contributed by atoms with Crippen LogP contribution in [0.25, 0.3) is 11.3 Å². The van der Waals surface area contributed by atoms with Gasteiger partial charge in [0.25, 0.3) is 5.91 Å². The van der Waals surface area contributed by atoms with E-state index >= 15 is 0 Å². The monoisotopic (exact) mass is 429 g/mol. The van der Waals surface area contributed by atoms with Crippen molar-refractivity contribution in [3.8, 4) is 23.4 Å². The van der Waals surface area contributed by atoms with Gasteiger partial charge in [-0.1, -0.05) is 29.8 Å². The molecular weight excluding hydrogens is 410 g/mol. The maximum absolute atomic E-state index is 13.0. The van der Waals surface area contributed by atoms with E-state index in [9.17, 15) is 4.79 Å². The van der Waals surface area contributed by atoms with Gasteiger partial charge in [0.2, 0.25) is 0 Å². The lowest BCUT2D eigenvalue weighted by atomic mass is 9.90. The minimum absolute atomic E-state index is 0.0218. The summed E-state index contributed by atoms with van der Waals surface area (Å²) in [4.78, 5) is 22.3. The molecule has 1 amide bonds. The van der Waals surface area contributed by atoms with Crippen molar-refractivity contribution in [2.24, 2.45) is 0 Å². The number of aromatic amines is 1. The normalized spacial score (nSPS) is 13.4. The second-order valence-corrected chi connectivity index (χ2v) is 8.04. The number of benzene rings is 2. The first-order valence-corrected chi connectivity index (χ1v) is 10.4. The standard InChI is InChI=1S/C24H20ClN5O/c1-15-4-7-18(11-20(15)22-23(25)29-21(28-22)3-2-10-26)24(31)30-13-19(14-30)17-8-5-16(12-27)6-9-17/h4-9,11,19H,2-3,13-14H2,1H3,(H,28,29). The maximum Gasteiger partial charge on any atom is 0.253 e. The van der Waals surface area contributed by atoms with Crippen LogP contribution in [0.1, 0.15) is 45.2 Å². The smallest absolute Gasteiger partial charge is 0.253 e. The Morgan fingerprint density at radius 3 is 2.65 bits per heavy atom. The van der Waals surface area contributed by atoms with Crippen LogP contribution in [0.3, 0.4) is 0 Å². The summed E-state index contributed by atoms with van der Waals surface area (Å²) in [5.41, 5.74) is 4.85. The molecule has 6 nitrogen and oxygen atoms in total. The fourth-order valence-electron chi connectivity index (χ4n) is 3.76. The van der Waals surface area contributed by atoms with E-state index in [0.29, 0.717) is 53.7 Å². The van der Waals surface area contributed by atoms with E-state index in [1.165, 1.54) is 0 Å². The zero-order valence-corrected chi connectivity index (χ0v) is 17.8. The number of nitrogens with one attached hydrogen (secondary N) is 1. The number of hydrogen-bond donors (Lipinski definition) is 1. The van der Waals surface area contributed by atoms with Crippen molar-refractivity contribution in [1.82, 2.24) is 14.9 Å². The van der Waals surface area contributed by atoms with Gasteiger partial charge in [0.1, 0.15) is 5.82 Å². The molecule has 31 heavy (non-hydrogen) atoms. The van der Waals surface area contributed by atoms with Crippen molar-refractivity contribution in [1.29, 1.82) is 10.5 Å². The summed E-state index contributed by atoms with van der Waals surface area (Å²) in [6.07, 6.45) is 0.856. The molecule has 2 heterocycles. The van der Waals surface area contributed by atoms with E-state index in [4.69, 9.17) is 22.1 Å². The van der Waals surface area contributed by atoms with Gasteiger partial charge in [-0.05, 0) is 42.3 Å². The molecule has 0 aliphatic carbocycles. The largest absolute Gasteiger partial charge is 0.341 e. The summed E-state index contributed by atoms with van der Waals surface area (Å²) < 4.78 is 0. The number of aryl methyl sites for hydroxylation is 2. The Balaban J connectivity index is 1.50. The molecule has 0 spiro atoms. The first-order chi connectivity index (χ1) is 15.0. The van der Waals surface area contributed by atoms with E-state index in [1.54, 1.807) is 0 Å². The summed E-state index contributed by atoms with van der Waals surface area (Å²) in [5, 5.41) is 18.0. The number of amides is 1. The lowest BCUT2D eigenvalue weighted by molar-refractivity contribution is 0.0602. The Hall–Kier alpha value is -3.61. The number of halogens is 1. The average Bonchev–Trinajstić information content (AvgIpc) is 3.12. The van der Waals surface area contributed by atoms with Crippen molar-refractivity contribution >= 4 is 17.5 Å². The number of H-pyrrole nitrogens is 1. The van der Waals surface area contributed by atoms with E-state index in [-0.39, 0.29) is 11.8 Å². The third kappa shape index (κ3) is 4.17. The van der Waals surface area contributed by atoms with Crippen molar-refractivity contribution in [3.63, 3.8) is 0 Å². The first kappa shape index (κ1) is 20.7. The topological polar surface area (TPSA) is 96.6 Å². The van der Waals surface area contributed by atoms with Crippen LogP contribution in [-0.2, 0) is 6.42 Å². The number of imidazole rings is 1. The van der Waals surface area contributed by atoms with Gasteiger partial charge in [0.05, 0.1) is 23.4 Å². The first-order valence-electron chi connectivity index (χ1n) is 10.0. The van der Waals surface area contributed by atoms with Gasteiger partial charge in [-0.15, -0.1) is 0 Å². The van der Waals surface area contributed by atoms with E-state index in [2.05, 4.69) is 22.1 Å². The number of rotatable bonds is 5. The van der Waals surface area contributed by atoms with Gasteiger partial charge < -0.3 is 9.88 Å². The highest BCUT2D eigenvalue weighted by molar-refractivity contribution is 6.32. The molecule has 1 aliphatic rings. The molecule has 0 atom stereocenters. The predicted molar refractivity (Wildman–Crippen MR) is 118 cm³/mol. The van der Waals surface area contributed by atoms with Crippen LogP contribution in [0.4, 0.5) is 0 Å². The average molecular weight is 430 g/mol. The third-order valence-corrected chi connectivity index (χ3v) is 5.89. The Morgan fingerprint density at radius 2 is 1.97 bits per heavy atom. The second-order valence-electron chi connectivity index (χ2n) is 7.68. The van der Waals surface area contributed by atoms with Crippen LogP contribution in [0.5, 0.6) is 0 Å². The van der Waals surface area contributed by atoms with Crippen molar-refractivity contribution in [3.05, 3.63) is 75.7 Å².